The number of hydrogen-bond donors (Lipinski definition) is 2. The minimum atomic E-state index is -0.904. The van der Waals surface area contributed by atoms with Gasteiger partial charge in [-0.15, -0.1) is 0 Å². The lowest BCUT2D eigenvalue weighted by Crippen LogP contribution is -2.52. The summed E-state index contributed by atoms with van der Waals surface area (Å²) in [5, 5.41) is 6.68. The van der Waals surface area contributed by atoms with Crippen molar-refractivity contribution in [3.63, 3.8) is 0 Å². The Hall–Kier alpha value is -3.37. The Morgan fingerprint density at radius 3 is 2.69 bits per heavy atom. The van der Waals surface area contributed by atoms with Crippen molar-refractivity contribution in [1.82, 2.24) is 15.4 Å². The number of rotatable bonds is 4. The summed E-state index contributed by atoms with van der Waals surface area (Å²) < 4.78 is 35.8. The van der Waals surface area contributed by atoms with Crippen molar-refractivity contribution in [2.45, 2.75) is 44.2 Å². The van der Waals surface area contributed by atoms with Gasteiger partial charge in [0.25, 0.3) is 11.8 Å². The van der Waals surface area contributed by atoms with Crippen LogP contribution >= 0.6 is 0 Å². The fourth-order valence-electron chi connectivity index (χ4n) is 4.76. The Morgan fingerprint density at radius 1 is 1.20 bits per heavy atom. The number of carbonyl (C=O) groups excluding carboxylic acids is 2. The van der Waals surface area contributed by atoms with E-state index in [2.05, 4.69) is 15.6 Å². The molecule has 0 unspecified atom stereocenters. The molecule has 5 rings (SSSR count). The summed E-state index contributed by atoms with van der Waals surface area (Å²) >= 11 is 0. The lowest BCUT2D eigenvalue weighted by atomic mass is 9.83. The van der Waals surface area contributed by atoms with Gasteiger partial charge in [-0.3, -0.25) is 14.4 Å². The normalized spacial score (nSPS) is 19.4. The van der Waals surface area contributed by atoms with Gasteiger partial charge >= 0.3 is 0 Å². The summed E-state index contributed by atoms with van der Waals surface area (Å²) in [5.74, 6) is -1.74. The average Bonchev–Trinajstić information content (AvgIpc) is 2.88. The number of fused-ring (bicyclic) bond motifs is 1. The molecule has 0 atom stereocenters. The summed E-state index contributed by atoms with van der Waals surface area (Å²) in [4.78, 5) is 33.8. The van der Waals surface area contributed by atoms with E-state index in [0.29, 0.717) is 29.7 Å². The fraction of sp³-hybridized carbons (Fsp3) is 0.400. The number of halogens is 2. The summed E-state index contributed by atoms with van der Waals surface area (Å²) in [5.41, 5.74) is 0.307. The second kappa shape index (κ2) is 9.35. The molecule has 0 bridgehead atoms. The van der Waals surface area contributed by atoms with Crippen LogP contribution < -0.4 is 15.4 Å². The number of hydroxylamine groups is 2. The number of hydrogen-bond acceptors (Lipinski definition) is 6. The van der Waals surface area contributed by atoms with Gasteiger partial charge in [0, 0.05) is 24.7 Å². The quantitative estimate of drug-likeness (QED) is 0.645. The van der Waals surface area contributed by atoms with Gasteiger partial charge in [-0.05, 0) is 49.5 Å². The maximum absolute atomic E-state index is 15.3. The van der Waals surface area contributed by atoms with Gasteiger partial charge in [-0.2, -0.15) is 9.45 Å². The number of nitrogens with one attached hydrogen (secondary N) is 2. The van der Waals surface area contributed by atoms with Crippen molar-refractivity contribution in [2.75, 3.05) is 25.5 Å². The highest BCUT2D eigenvalue weighted by Gasteiger charge is 2.46. The van der Waals surface area contributed by atoms with Crippen molar-refractivity contribution >= 4 is 23.1 Å². The molecule has 8 nitrogen and oxygen atoms in total. The molecular weight excluding hydrogens is 458 g/mol. The van der Waals surface area contributed by atoms with Gasteiger partial charge in [-0.1, -0.05) is 18.6 Å². The van der Waals surface area contributed by atoms with E-state index in [1.165, 1.54) is 19.2 Å². The van der Waals surface area contributed by atoms with Gasteiger partial charge < -0.3 is 15.4 Å². The molecule has 3 heterocycles. The maximum Gasteiger partial charge on any atom is 0.269 e. The second-order valence-corrected chi connectivity index (χ2v) is 8.96. The SMILES string of the molecule is CNC(=O)c1ccc(C2=CCN(Cc3ccc4c(c3F)NC(=O)C3(CCCCC3)O4)OC2)c(F)n1. The highest BCUT2D eigenvalue weighted by atomic mass is 19.1. The van der Waals surface area contributed by atoms with E-state index in [9.17, 15) is 14.0 Å². The Kier molecular flexibility index (Phi) is 6.24. The standard InChI is InChI=1S/C25H26F2N4O4/c1-28-23(32)18-7-6-17(22(27)29-18)16-9-12-31(34-14-16)13-15-5-8-19-21(20(15)26)30-24(33)25(35-19)10-3-2-4-11-25/h5-9H,2-4,10-14H2,1H3,(H,28,32)(H,30,33). The zero-order chi connectivity index (χ0) is 24.6. The van der Waals surface area contributed by atoms with Crippen LogP contribution in [0.4, 0.5) is 14.5 Å². The molecule has 10 heteroatoms. The maximum atomic E-state index is 15.3. The molecule has 184 valence electrons. The summed E-state index contributed by atoms with van der Waals surface area (Å²) in [7, 11) is 1.45. The molecule has 1 spiro atoms. The number of pyridine rings is 1. The number of aromatic nitrogens is 1. The molecule has 1 fully saturated rings. The van der Waals surface area contributed by atoms with Crippen LogP contribution in [0.25, 0.3) is 5.57 Å². The number of benzene rings is 1. The van der Waals surface area contributed by atoms with E-state index in [1.54, 1.807) is 23.3 Å². The molecule has 1 saturated carbocycles. The molecule has 2 aromatic rings. The first-order chi connectivity index (χ1) is 16.9. The monoisotopic (exact) mass is 484 g/mol. The van der Waals surface area contributed by atoms with Crippen molar-refractivity contribution in [3.8, 4) is 5.75 Å². The number of amides is 2. The van der Waals surface area contributed by atoms with Crippen LogP contribution in [0.2, 0.25) is 0 Å². The molecule has 35 heavy (non-hydrogen) atoms. The third kappa shape index (κ3) is 4.39. The second-order valence-electron chi connectivity index (χ2n) is 8.96. The van der Waals surface area contributed by atoms with E-state index in [1.807, 2.05) is 0 Å². The van der Waals surface area contributed by atoms with Crippen molar-refractivity contribution in [2.24, 2.45) is 0 Å². The lowest BCUT2D eigenvalue weighted by Gasteiger charge is -2.40. The first-order valence-electron chi connectivity index (χ1n) is 11.7. The van der Waals surface area contributed by atoms with E-state index >= 15 is 4.39 Å². The Bertz CT molecular complexity index is 1210. The molecule has 2 amide bonds. The number of nitrogens with zero attached hydrogens (tertiary/aromatic N) is 2. The van der Waals surface area contributed by atoms with Crippen molar-refractivity contribution in [3.05, 3.63) is 58.9 Å². The van der Waals surface area contributed by atoms with E-state index in [4.69, 9.17) is 9.57 Å². The van der Waals surface area contributed by atoms with Gasteiger partial charge in [0.2, 0.25) is 5.95 Å². The predicted molar refractivity (Wildman–Crippen MR) is 123 cm³/mol. The average molecular weight is 485 g/mol. The third-order valence-electron chi connectivity index (χ3n) is 6.75. The summed E-state index contributed by atoms with van der Waals surface area (Å²) in [6.07, 6.45) is 5.91. The van der Waals surface area contributed by atoms with E-state index in [-0.39, 0.29) is 42.5 Å². The van der Waals surface area contributed by atoms with Gasteiger partial charge in [0.1, 0.15) is 17.1 Å². The largest absolute Gasteiger partial charge is 0.475 e. The summed E-state index contributed by atoms with van der Waals surface area (Å²) in [6, 6.07) is 6.25. The van der Waals surface area contributed by atoms with Gasteiger partial charge in [0.05, 0.1) is 13.2 Å². The third-order valence-corrected chi connectivity index (χ3v) is 6.75. The molecule has 2 aliphatic heterocycles. The molecule has 0 saturated heterocycles. The topological polar surface area (TPSA) is 92.8 Å². The number of carbonyl (C=O) groups is 2. The lowest BCUT2D eigenvalue weighted by molar-refractivity contribution is -0.151. The number of anilines is 1. The van der Waals surface area contributed by atoms with E-state index in [0.717, 1.165) is 19.3 Å². The van der Waals surface area contributed by atoms with Crippen molar-refractivity contribution in [1.29, 1.82) is 0 Å². The first kappa shape index (κ1) is 23.4. The van der Waals surface area contributed by atoms with Crippen LogP contribution in [-0.4, -0.2) is 47.7 Å². The summed E-state index contributed by atoms with van der Waals surface area (Å²) in [6.45, 7) is 0.474. The van der Waals surface area contributed by atoms with Crippen LogP contribution in [0.5, 0.6) is 5.75 Å². The molecule has 0 radical (unpaired) electrons. The first-order valence-corrected chi connectivity index (χ1v) is 11.7. The predicted octanol–water partition coefficient (Wildman–Crippen LogP) is 3.58. The minimum absolute atomic E-state index is 0.0129. The molecule has 3 aliphatic rings. The Morgan fingerprint density at radius 2 is 2.00 bits per heavy atom. The Labute approximate surface area is 201 Å². The molecule has 1 aromatic carbocycles. The molecule has 1 aliphatic carbocycles. The molecule has 2 N–H and O–H groups in total. The zero-order valence-electron chi connectivity index (χ0n) is 19.3. The van der Waals surface area contributed by atoms with Gasteiger partial charge in [0.15, 0.2) is 11.4 Å². The number of ether oxygens (including phenoxy) is 1. The van der Waals surface area contributed by atoms with E-state index < -0.39 is 23.3 Å². The fourth-order valence-corrected chi connectivity index (χ4v) is 4.76. The minimum Gasteiger partial charge on any atom is -0.475 e. The highest BCUT2D eigenvalue weighted by molar-refractivity contribution is 6.01. The van der Waals surface area contributed by atoms with Crippen molar-refractivity contribution < 1.29 is 27.9 Å². The van der Waals surface area contributed by atoms with Crippen LogP contribution in [-0.2, 0) is 16.2 Å². The van der Waals surface area contributed by atoms with Crippen LogP contribution in [0.1, 0.15) is 53.7 Å². The van der Waals surface area contributed by atoms with Gasteiger partial charge in [-0.25, -0.2) is 9.37 Å². The molecule has 1 aromatic heterocycles. The van der Waals surface area contributed by atoms with Crippen LogP contribution in [0.3, 0.4) is 0 Å². The molecular formula is C25H26F2N4O4. The Balaban J connectivity index is 1.28. The highest BCUT2D eigenvalue weighted by Crippen LogP contribution is 2.42. The zero-order valence-corrected chi connectivity index (χ0v) is 19.3. The smallest absolute Gasteiger partial charge is 0.269 e. The van der Waals surface area contributed by atoms with Crippen LogP contribution in [0.15, 0.2) is 30.3 Å². The van der Waals surface area contributed by atoms with Crippen LogP contribution in [0, 0.1) is 11.8 Å².